The van der Waals surface area contributed by atoms with Crippen LogP contribution in [0, 0.1) is 0 Å². The van der Waals surface area contributed by atoms with Crippen molar-refractivity contribution in [3.8, 4) is 11.1 Å². The number of carbonyl (C=O) groups excluding carboxylic acids is 1. The first kappa shape index (κ1) is 22.0. The van der Waals surface area contributed by atoms with Gasteiger partial charge in [-0.05, 0) is 17.1 Å². The zero-order valence-corrected chi connectivity index (χ0v) is 17.5. The molecule has 3 heterocycles. The van der Waals surface area contributed by atoms with Gasteiger partial charge in [0.15, 0.2) is 0 Å². The van der Waals surface area contributed by atoms with E-state index in [-0.39, 0.29) is 29.4 Å². The third kappa shape index (κ3) is 4.97. The molecule has 0 aliphatic carbocycles. The minimum atomic E-state index is -1.51. The maximum Gasteiger partial charge on any atom is 0.488 e. The van der Waals surface area contributed by atoms with Crippen LogP contribution < -0.4 is 16.5 Å². The fourth-order valence-electron chi connectivity index (χ4n) is 3.45. The summed E-state index contributed by atoms with van der Waals surface area (Å²) in [6, 6.07) is 8.11. The van der Waals surface area contributed by atoms with Gasteiger partial charge in [0.2, 0.25) is 0 Å². The molecule has 11 heteroatoms. The zero-order chi connectivity index (χ0) is 22.7. The van der Waals surface area contributed by atoms with Gasteiger partial charge in [0, 0.05) is 30.6 Å². The largest absolute Gasteiger partial charge is 0.488 e. The van der Waals surface area contributed by atoms with Gasteiger partial charge in [-0.1, -0.05) is 24.3 Å². The molecule has 0 radical (unpaired) electrons. The molecule has 1 aliphatic rings. The number of aryl methyl sites for hydroxylation is 1. The third-order valence-corrected chi connectivity index (χ3v) is 5.29. The highest BCUT2D eigenvalue weighted by molar-refractivity contribution is 6.58. The molecule has 1 aliphatic heterocycles. The Morgan fingerprint density at radius 3 is 2.75 bits per heavy atom. The van der Waals surface area contributed by atoms with Crippen molar-refractivity contribution in [2.24, 2.45) is 7.05 Å². The van der Waals surface area contributed by atoms with Crippen LogP contribution in [0.2, 0.25) is 0 Å². The number of nitrogen functional groups attached to an aromatic ring is 1. The van der Waals surface area contributed by atoms with Crippen molar-refractivity contribution in [2.45, 2.75) is 18.8 Å². The van der Waals surface area contributed by atoms with Crippen molar-refractivity contribution in [2.75, 3.05) is 18.9 Å². The quantitative estimate of drug-likeness (QED) is 0.361. The number of amides is 1. The Labute approximate surface area is 185 Å². The number of benzene rings is 1. The predicted molar refractivity (Wildman–Crippen MR) is 118 cm³/mol. The van der Waals surface area contributed by atoms with E-state index < -0.39 is 7.12 Å². The van der Waals surface area contributed by atoms with E-state index in [1.165, 1.54) is 0 Å². The van der Waals surface area contributed by atoms with Gasteiger partial charge in [0.1, 0.15) is 11.9 Å². The van der Waals surface area contributed by atoms with Gasteiger partial charge >= 0.3 is 7.12 Å². The summed E-state index contributed by atoms with van der Waals surface area (Å²) in [7, 11) is 0.304. The number of anilines is 1. The molecule has 0 unspecified atom stereocenters. The first-order valence-corrected chi connectivity index (χ1v) is 10.1. The van der Waals surface area contributed by atoms with E-state index in [0.29, 0.717) is 25.3 Å². The molecule has 3 aromatic rings. The van der Waals surface area contributed by atoms with E-state index in [9.17, 15) is 14.8 Å². The van der Waals surface area contributed by atoms with Crippen LogP contribution in [0.1, 0.15) is 15.9 Å². The van der Waals surface area contributed by atoms with Crippen LogP contribution in [0.4, 0.5) is 5.82 Å². The molecule has 32 heavy (non-hydrogen) atoms. The molecule has 0 spiro atoms. The van der Waals surface area contributed by atoms with Crippen LogP contribution in [0.3, 0.4) is 0 Å². The molecule has 4 rings (SSSR count). The Bertz CT molecular complexity index is 1090. The van der Waals surface area contributed by atoms with E-state index in [2.05, 4.69) is 15.4 Å². The number of nitrogens with two attached hydrogens (primary N) is 1. The lowest BCUT2D eigenvalue weighted by Crippen LogP contribution is -2.44. The Kier molecular flexibility index (Phi) is 6.51. The summed E-state index contributed by atoms with van der Waals surface area (Å²) in [5.41, 5.74) is 9.08. The van der Waals surface area contributed by atoms with E-state index in [1.54, 1.807) is 47.4 Å². The molecule has 1 fully saturated rings. The van der Waals surface area contributed by atoms with Crippen LogP contribution in [-0.4, -0.2) is 63.2 Å². The van der Waals surface area contributed by atoms with Gasteiger partial charge in [0.05, 0.1) is 37.6 Å². The van der Waals surface area contributed by atoms with E-state index in [1.807, 2.05) is 13.2 Å². The van der Waals surface area contributed by atoms with Crippen LogP contribution in [0.15, 0.2) is 48.9 Å². The molecule has 1 saturated heterocycles. The molecule has 1 amide bonds. The molecule has 2 atom stereocenters. The summed E-state index contributed by atoms with van der Waals surface area (Å²) >= 11 is 0. The maximum absolute atomic E-state index is 12.9. The van der Waals surface area contributed by atoms with Gasteiger partial charge < -0.3 is 30.6 Å². The van der Waals surface area contributed by atoms with Crippen molar-refractivity contribution in [3.63, 3.8) is 0 Å². The van der Waals surface area contributed by atoms with Gasteiger partial charge in [-0.2, -0.15) is 5.10 Å². The fraction of sp³-hybridized carbons (Fsp3) is 0.286. The highest BCUT2D eigenvalue weighted by atomic mass is 16.5. The minimum absolute atomic E-state index is 0.137. The lowest BCUT2D eigenvalue weighted by molar-refractivity contribution is 0.0218. The highest BCUT2D eigenvalue weighted by Crippen LogP contribution is 2.22. The third-order valence-electron chi connectivity index (χ3n) is 5.29. The number of nitrogens with zero attached hydrogens (tertiary/aromatic N) is 3. The van der Waals surface area contributed by atoms with E-state index >= 15 is 0 Å². The second kappa shape index (κ2) is 9.49. The Balaban J connectivity index is 1.40. The molecule has 0 saturated carbocycles. The standard InChI is InChI=1S/C21H24BN5O5/c1-27-9-15(8-25-27)14-6-17(20(23)24-7-14)21(28)26-18-11-31-12-19(18)32-10-13-2-4-16(5-3-13)22(29)30/h2-9,18-19,29-30H,10-12H2,1H3,(H2,23,24)(H,26,28)/t18-,19-/m0/s1. The average Bonchev–Trinajstić information content (AvgIpc) is 3.41. The molecular weight excluding hydrogens is 413 g/mol. The average molecular weight is 437 g/mol. The first-order valence-electron chi connectivity index (χ1n) is 10.1. The summed E-state index contributed by atoms with van der Waals surface area (Å²) in [6.45, 7) is 0.964. The predicted octanol–water partition coefficient (Wildman–Crippen LogP) is -0.542. The topological polar surface area (TPSA) is 145 Å². The molecular formula is C21H24BN5O5. The van der Waals surface area contributed by atoms with Crippen molar-refractivity contribution >= 4 is 24.3 Å². The van der Waals surface area contributed by atoms with Crippen LogP contribution in [-0.2, 0) is 23.1 Å². The van der Waals surface area contributed by atoms with E-state index in [0.717, 1.165) is 16.7 Å². The molecule has 2 aromatic heterocycles. The number of nitrogens with one attached hydrogen (secondary N) is 1. The minimum Gasteiger partial charge on any atom is -0.423 e. The van der Waals surface area contributed by atoms with Gasteiger partial charge in [-0.15, -0.1) is 0 Å². The zero-order valence-electron chi connectivity index (χ0n) is 17.5. The summed E-state index contributed by atoms with van der Waals surface area (Å²) in [5, 5.41) is 25.4. The number of hydrogen-bond acceptors (Lipinski definition) is 8. The van der Waals surface area contributed by atoms with Crippen molar-refractivity contribution in [1.82, 2.24) is 20.1 Å². The molecule has 166 valence electrons. The van der Waals surface area contributed by atoms with Gasteiger partial charge in [-0.3, -0.25) is 9.48 Å². The second-order valence-corrected chi connectivity index (χ2v) is 7.64. The number of aromatic nitrogens is 3. The summed E-state index contributed by atoms with van der Waals surface area (Å²) < 4.78 is 13.1. The van der Waals surface area contributed by atoms with Crippen molar-refractivity contribution in [3.05, 3.63) is 60.0 Å². The van der Waals surface area contributed by atoms with Crippen LogP contribution >= 0.6 is 0 Å². The lowest BCUT2D eigenvalue weighted by Gasteiger charge is -2.20. The highest BCUT2D eigenvalue weighted by Gasteiger charge is 2.31. The molecule has 0 bridgehead atoms. The molecule has 1 aromatic carbocycles. The Hall–Kier alpha value is -3.25. The summed E-state index contributed by atoms with van der Waals surface area (Å²) in [5.74, 6) is -0.219. The Morgan fingerprint density at radius 2 is 2.06 bits per heavy atom. The second-order valence-electron chi connectivity index (χ2n) is 7.64. The number of carbonyl (C=O) groups is 1. The number of ether oxygens (including phenoxy) is 2. The van der Waals surface area contributed by atoms with Crippen LogP contribution in [0.5, 0.6) is 0 Å². The first-order chi connectivity index (χ1) is 15.4. The molecule has 5 N–H and O–H groups in total. The summed E-state index contributed by atoms with van der Waals surface area (Å²) in [4.78, 5) is 17.1. The maximum atomic E-state index is 12.9. The normalized spacial score (nSPS) is 18.0. The number of rotatable bonds is 7. The van der Waals surface area contributed by atoms with Crippen LogP contribution in [0.25, 0.3) is 11.1 Å². The monoisotopic (exact) mass is 437 g/mol. The SMILES string of the molecule is Cn1cc(-c2cnc(N)c(C(=O)N[C@H]3COC[C@@H]3OCc3ccc(B(O)O)cc3)c2)cn1. The molecule has 10 nitrogen and oxygen atoms in total. The number of hydrogen-bond donors (Lipinski definition) is 4. The smallest absolute Gasteiger partial charge is 0.423 e. The van der Waals surface area contributed by atoms with Crippen molar-refractivity contribution < 1.29 is 24.3 Å². The van der Waals surface area contributed by atoms with E-state index in [4.69, 9.17) is 15.2 Å². The summed E-state index contributed by atoms with van der Waals surface area (Å²) in [6.07, 6.45) is 4.79. The fourth-order valence-corrected chi connectivity index (χ4v) is 3.45. The number of pyridine rings is 1. The van der Waals surface area contributed by atoms with Crippen molar-refractivity contribution in [1.29, 1.82) is 0 Å². The lowest BCUT2D eigenvalue weighted by atomic mass is 9.80. The van der Waals surface area contributed by atoms with Gasteiger partial charge in [-0.25, -0.2) is 4.98 Å². The Morgan fingerprint density at radius 1 is 1.28 bits per heavy atom. The van der Waals surface area contributed by atoms with Gasteiger partial charge in [0.25, 0.3) is 5.91 Å².